The molecule has 19 heavy (non-hydrogen) atoms. The van der Waals surface area contributed by atoms with Gasteiger partial charge in [-0.3, -0.25) is 4.79 Å². The fourth-order valence-corrected chi connectivity index (χ4v) is 1.78. The third-order valence-electron chi connectivity index (χ3n) is 2.54. The van der Waals surface area contributed by atoms with E-state index in [2.05, 4.69) is 5.32 Å². The third kappa shape index (κ3) is 4.21. The highest BCUT2D eigenvalue weighted by Crippen LogP contribution is 2.38. The van der Waals surface area contributed by atoms with Gasteiger partial charge in [-0.05, 0) is 17.7 Å². The molecule has 0 heterocycles. The van der Waals surface area contributed by atoms with Crippen molar-refractivity contribution in [1.29, 1.82) is 0 Å². The van der Waals surface area contributed by atoms with Crippen molar-refractivity contribution >= 4 is 17.5 Å². The van der Waals surface area contributed by atoms with Gasteiger partial charge in [0.05, 0.1) is 21.3 Å². The fourth-order valence-electron chi connectivity index (χ4n) is 1.61. The van der Waals surface area contributed by atoms with Crippen molar-refractivity contribution in [1.82, 2.24) is 5.32 Å². The first-order valence-electron chi connectivity index (χ1n) is 5.77. The van der Waals surface area contributed by atoms with E-state index in [0.717, 1.165) is 5.56 Å². The fraction of sp³-hybridized carbons (Fsp3) is 0.462. The highest BCUT2D eigenvalue weighted by atomic mass is 35.5. The second kappa shape index (κ2) is 7.74. The second-order valence-electron chi connectivity index (χ2n) is 3.75. The number of ether oxygens (including phenoxy) is 3. The second-order valence-corrected chi connectivity index (χ2v) is 4.13. The molecule has 1 aromatic rings. The van der Waals surface area contributed by atoms with Gasteiger partial charge in [0.2, 0.25) is 11.7 Å². The summed E-state index contributed by atoms with van der Waals surface area (Å²) in [4.78, 5) is 11.4. The highest BCUT2D eigenvalue weighted by Gasteiger charge is 2.13. The van der Waals surface area contributed by atoms with Gasteiger partial charge in [-0.15, -0.1) is 11.6 Å². The Morgan fingerprint density at radius 1 is 1.16 bits per heavy atom. The molecule has 106 valence electrons. The maximum absolute atomic E-state index is 11.4. The van der Waals surface area contributed by atoms with Crippen LogP contribution >= 0.6 is 11.6 Å². The molecule has 0 radical (unpaired) electrons. The molecule has 0 aromatic heterocycles. The van der Waals surface area contributed by atoms with Gasteiger partial charge in [-0.1, -0.05) is 0 Å². The molecule has 0 atom stereocenters. The average molecular weight is 288 g/mol. The highest BCUT2D eigenvalue weighted by molar-refractivity contribution is 6.18. The normalized spacial score (nSPS) is 9.89. The molecule has 0 saturated carbocycles. The Hall–Kier alpha value is -1.62. The molecule has 1 amide bonds. The van der Waals surface area contributed by atoms with Crippen molar-refractivity contribution in [3.05, 3.63) is 17.7 Å². The molecule has 0 unspecified atom stereocenters. The third-order valence-corrected chi connectivity index (χ3v) is 2.72. The topological polar surface area (TPSA) is 56.8 Å². The van der Waals surface area contributed by atoms with E-state index in [9.17, 15) is 4.79 Å². The van der Waals surface area contributed by atoms with E-state index in [1.165, 1.54) is 0 Å². The van der Waals surface area contributed by atoms with E-state index in [1.54, 1.807) is 33.5 Å². The van der Waals surface area contributed by atoms with Crippen molar-refractivity contribution in [2.24, 2.45) is 0 Å². The van der Waals surface area contributed by atoms with Gasteiger partial charge >= 0.3 is 0 Å². The Morgan fingerprint density at radius 3 is 2.16 bits per heavy atom. The molecule has 0 fully saturated rings. The van der Waals surface area contributed by atoms with E-state index in [1.807, 2.05) is 0 Å². The molecular formula is C13H18ClNO4. The molecule has 1 aromatic carbocycles. The lowest BCUT2D eigenvalue weighted by Crippen LogP contribution is -2.22. The van der Waals surface area contributed by atoms with Gasteiger partial charge < -0.3 is 19.5 Å². The number of nitrogens with one attached hydrogen (secondary N) is 1. The summed E-state index contributed by atoms with van der Waals surface area (Å²) in [7, 11) is 4.64. The van der Waals surface area contributed by atoms with Crippen molar-refractivity contribution in [2.75, 3.05) is 27.2 Å². The van der Waals surface area contributed by atoms with Gasteiger partial charge in [0.25, 0.3) is 0 Å². The van der Waals surface area contributed by atoms with Gasteiger partial charge in [0, 0.05) is 18.8 Å². The largest absolute Gasteiger partial charge is 0.493 e. The molecule has 1 N–H and O–H groups in total. The number of carbonyl (C=O) groups is 1. The summed E-state index contributed by atoms with van der Waals surface area (Å²) in [6, 6.07) is 3.59. The number of benzene rings is 1. The molecule has 6 heteroatoms. The number of amides is 1. The maximum Gasteiger partial charge on any atom is 0.221 e. The van der Waals surface area contributed by atoms with Crippen LogP contribution < -0.4 is 19.5 Å². The summed E-state index contributed by atoms with van der Waals surface area (Å²) in [5, 5.41) is 2.76. The van der Waals surface area contributed by atoms with Crippen LogP contribution in [0.2, 0.25) is 0 Å². The number of carbonyl (C=O) groups excluding carboxylic acids is 1. The van der Waals surface area contributed by atoms with E-state index < -0.39 is 0 Å². The standard InChI is InChI=1S/C13H18ClNO4/c1-17-10-6-9(8-15-12(16)4-5-14)7-11(18-2)13(10)19-3/h6-7H,4-5,8H2,1-3H3,(H,15,16). The number of halogens is 1. The number of rotatable bonds is 7. The van der Waals surface area contributed by atoms with Gasteiger partial charge in [-0.25, -0.2) is 0 Å². The molecule has 0 aliphatic carbocycles. The van der Waals surface area contributed by atoms with Crippen LogP contribution in [0, 0.1) is 0 Å². The molecule has 0 saturated heterocycles. The molecule has 0 aliphatic rings. The zero-order valence-electron chi connectivity index (χ0n) is 11.3. The summed E-state index contributed by atoms with van der Waals surface area (Å²) in [6.07, 6.45) is 0.298. The molecule has 0 aliphatic heterocycles. The molecular weight excluding hydrogens is 270 g/mol. The van der Waals surface area contributed by atoms with E-state index in [4.69, 9.17) is 25.8 Å². The number of alkyl halides is 1. The monoisotopic (exact) mass is 287 g/mol. The van der Waals surface area contributed by atoms with Crippen LogP contribution in [0.15, 0.2) is 12.1 Å². The molecule has 5 nitrogen and oxygen atoms in total. The van der Waals surface area contributed by atoms with Crippen LogP contribution in [0.5, 0.6) is 17.2 Å². The predicted molar refractivity (Wildman–Crippen MR) is 73.3 cm³/mol. The van der Waals surface area contributed by atoms with Crippen molar-refractivity contribution in [3.63, 3.8) is 0 Å². The van der Waals surface area contributed by atoms with Crippen LogP contribution in [0.1, 0.15) is 12.0 Å². The molecule has 0 spiro atoms. The lowest BCUT2D eigenvalue weighted by molar-refractivity contribution is -0.120. The van der Waals surface area contributed by atoms with Crippen molar-refractivity contribution in [3.8, 4) is 17.2 Å². The van der Waals surface area contributed by atoms with E-state index >= 15 is 0 Å². The van der Waals surface area contributed by atoms with Crippen LogP contribution in [-0.2, 0) is 11.3 Å². The van der Waals surface area contributed by atoms with Gasteiger partial charge in [-0.2, -0.15) is 0 Å². The number of hydrogen-bond acceptors (Lipinski definition) is 4. The Kier molecular flexibility index (Phi) is 6.29. The van der Waals surface area contributed by atoms with Crippen LogP contribution in [0.4, 0.5) is 0 Å². The van der Waals surface area contributed by atoms with Crippen molar-refractivity contribution < 1.29 is 19.0 Å². The summed E-state index contributed by atoms with van der Waals surface area (Å²) in [5.74, 6) is 1.86. The average Bonchev–Trinajstić information content (AvgIpc) is 2.44. The number of hydrogen-bond donors (Lipinski definition) is 1. The minimum atomic E-state index is -0.0937. The molecule has 1 rings (SSSR count). The smallest absolute Gasteiger partial charge is 0.221 e. The predicted octanol–water partition coefficient (Wildman–Crippen LogP) is 1.96. The summed E-state index contributed by atoms with van der Waals surface area (Å²) >= 11 is 5.50. The number of methoxy groups -OCH3 is 3. The van der Waals surface area contributed by atoms with Crippen LogP contribution in [0.25, 0.3) is 0 Å². The van der Waals surface area contributed by atoms with Crippen molar-refractivity contribution in [2.45, 2.75) is 13.0 Å². The first kappa shape index (κ1) is 15.4. The van der Waals surface area contributed by atoms with Gasteiger partial charge in [0.1, 0.15) is 0 Å². The van der Waals surface area contributed by atoms with E-state index in [-0.39, 0.29) is 5.91 Å². The SMILES string of the molecule is COc1cc(CNC(=O)CCCl)cc(OC)c1OC. The Morgan fingerprint density at radius 2 is 1.74 bits per heavy atom. The quantitative estimate of drug-likeness (QED) is 0.779. The summed E-state index contributed by atoms with van der Waals surface area (Å²) in [5.41, 5.74) is 0.859. The lowest BCUT2D eigenvalue weighted by Gasteiger charge is -2.14. The Balaban J connectivity index is 2.87. The zero-order valence-corrected chi connectivity index (χ0v) is 12.0. The molecule has 0 bridgehead atoms. The minimum Gasteiger partial charge on any atom is -0.493 e. The Labute approximate surface area is 117 Å². The minimum absolute atomic E-state index is 0.0937. The maximum atomic E-state index is 11.4. The summed E-state index contributed by atoms with van der Waals surface area (Å²) < 4.78 is 15.7. The van der Waals surface area contributed by atoms with Gasteiger partial charge in [0.15, 0.2) is 11.5 Å². The zero-order chi connectivity index (χ0) is 14.3. The van der Waals surface area contributed by atoms with Crippen LogP contribution in [0.3, 0.4) is 0 Å². The van der Waals surface area contributed by atoms with E-state index in [0.29, 0.717) is 36.1 Å². The summed E-state index contributed by atoms with van der Waals surface area (Å²) in [6.45, 7) is 0.381. The lowest BCUT2D eigenvalue weighted by atomic mass is 10.1. The van der Waals surface area contributed by atoms with Crippen LogP contribution in [-0.4, -0.2) is 33.1 Å². The first-order valence-corrected chi connectivity index (χ1v) is 6.31. The first-order chi connectivity index (χ1) is 9.15. The Bertz CT molecular complexity index is 412.